The molecular weight excluding hydrogens is 262 g/mol. The van der Waals surface area contributed by atoms with Crippen molar-refractivity contribution in [3.8, 4) is 0 Å². The molecule has 0 bridgehead atoms. The highest BCUT2D eigenvalue weighted by Crippen LogP contribution is 2.09. The number of primary amides is 1. The van der Waals surface area contributed by atoms with Gasteiger partial charge in [-0.2, -0.15) is 0 Å². The van der Waals surface area contributed by atoms with Crippen LogP contribution in [0, 0.1) is 0 Å². The van der Waals surface area contributed by atoms with Crippen LogP contribution >= 0.6 is 0 Å². The Balaban J connectivity index is 0. The van der Waals surface area contributed by atoms with E-state index in [-0.39, 0.29) is 12.6 Å². The Labute approximate surface area is 121 Å². The molecule has 0 unspecified atom stereocenters. The number of amides is 1. The van der Waals surface area contributed by atoms with E-state index in [4.69, 9.17) is 15.6 Å². The predicted octanol–water partition coefficient (Wildman–Crippen LogP) is 2.37. The molecule has 0 aromatic rings. The van der Waals surface area contributed by atoms with Crippen molar-refractivity contribution in [2.45, 2.75) is 72.0 Å². The van der Waals surface area contributed by atoms with E-state index < -0.39 is 17.3 Å². The molecule has 20 heavy (non-hydrogen) atoms. The summed E-state index contributed by atoms with van der Waals surface area (Å²) in [7, 11) is 0. The minimum Gasteiger partial charge on any atom is -0.460 e. The number of nitrogens with two attached hydrogens (primary N) is 1. The highest BCUT2D eigenvalue weighted by atomic mass is 16.6. The molecule has 0 aliphatic heterocycles. The Morgan fingerprint density at radius 1 is 0.950 bits per heavy atom. The van der Waals surface area contributed by atoms with Crippen molar-refractivity contribution in [3.05, 3.63) is 0 Å². The Morgan fingerprint density at radius 3 is 1.65 bits per heavy atom. The van der Waals surface area contributed by atoms with Crippen molar-refractivity contribution in [1.82, 2.24) is 0 Å². The van der Waals surface area contributed by atoms with Crippen molar-refractivity contribution in [1.29, 1.82) is 0 Å². The minimum absolute atomic E-state index is 0.142. The van der Waals surface area contributed by atoms with Crippen LogP contribution in [0.1, 0.15) is 60.8 Å². The van der Waals surface area contributed by atoms with Crippen molar-refractivity contribution in [3.63, 3.8) is 0 Å². The third-order valence-corrected chi connectivity index (χ3v) is 1.62. The summed E-state index contributed by atoms with van der Waals surface area (Å²) in [5.41, 5.74) is 3.87. The number of esters is 1. The second-order valence-electron chi connectivity index (χ2n) is 6.30. The Bertz CT molecular complexity index is 289. The molecular formula is C14H29NO5. The molecule has 0 rings (SSSR count). The van der Waals surface area contributed by atoms with Gasteiger partial charge in [-0.05, 0) is 54.4 Å². The largest absolute Gasteiger partial charge is 0.460 e. The lowest BCUT2D eigenvalue weighted by Crippen LogP contribution is -2.27. The summed E-state index contributed by atoms with van der Waals surface area (Å²) in [4.78, 5) is 21.0. The quantitative estimate of drug-likeness (QED) is 0.612. The molecule has 0 spiro atoms. The van der Waals surface area contributed by atoms with Crippen LogP contribution in [0.3, 0.4) is 0 Å². The monoisotopic (exact) mass is 291 g/mol. The van der Waals surface area contributed by atoms with Crippen molar-refractivity contribution >= 4 is 12.1 Å². The third kappa shape index (κ3) is 21.9. The molecule has 0 saturated heterocycles. The van der Waals surface area contributed by atoms with E-state index in [1.54, 1.807) is 20.8 Å². The summed E-state index contributed by atoms with van der Waals surface area (Å²) < 4.78 is 9.64. The first-order valence-corrected chi connectivity index (χ1v) is 6.68. The molecule has 6 heteroatoms. The lowest BCUT2D eigenvalue weighted by molar-refractivity contribution is -0.154. The van der Waals surface area contributed by atoms with Gasteiger partial charge in [0.2, 0.25) is 0 Å². The maximum Gasteiger partial charge on any atom is 0.405 e. The van der Waals surface area contributed by atoms with E-state index in [2.05, 4.69) is 4.74 Å². The number of aliphatic hydroxyl groups excluding tert-OH is 1. The zero-order chi connectivity index (χ0) is 16.4. The van der Waals surface area contributed by atoms with Gasteiger partial charge in [-0.15, -0.1) is 0 Å². The summed E-state index contributed by atoms with van der Waals surface area (Å²) in [5.74, 6) is -0.184. The van der Waals surface area contributed by atoms with Crippen molar-refractivity contribution in [2.24, 2.45) is 5.73 Å². The molecule has 3 N–H and O–H groups in total. The van der Waals surface area contributed by atoms with Crippen LogP contribution in [0.15, 0.2) is 0 Å². The van der Waals surface area contributed by atoms with Crippen LogP contribution in [-0.2, 0) is 14.3 Å². The van der Waals surface area contributed by atoms with Gasteiger partial charge in [0.1, 0.15) is 11.2 Å². The topological polar surface area (TPSA) is 98.8 Å². The molecule has 6 nitrogen and oxygen atoms in total. The van der Waals surface area contributed by atoms with E-state index in [1.165, 1.54) is 0 Å². The number of unbranched alkanes of at least 4 members (excludes halogenated alkanes) is 1. The second-order valence-corrected chi connectivity index (χ2v) is 6.30. The Morgan fingerprint density at radius 2 is 1.40 bits per heavy atom. The molecule has 0 atom stereocenters. The van der Waals surface area contributed by atoms with Gasteiger partial charge in [0.15, 0.2) is 0 Å². The van der Waals surface area contributed by atoms with Gasteiger partial charge in [0.25, 0.3) is 0 Å². The summed E-state index contributed by atoms with van der Waals surface area (Å²) in [5, 5.41) is 8.46. The number of aliphatic hydroxyl groups is 1. The van der Waals surface area contributed by atoms with Gasteiger partial charge in [-0.25, -0.2) is 4.79 Å². The highest BCUT2D eigenvalue weighted by molar-refractivity contribution is 5.69. The van der Waals surface area contributed by atoms with Crippen LogP contribution in [-0.4, -0.2) is 35.0 Å². The molecule has 0 aromatic carbocycles. The number of carbonyl (C=O) groups excluding carboxylic acids is 2. The SMILES string of the molecule is CC(C)(C)OC(=O)CCCCO.CC(C)(C)OC(N)=O. The first-order valence-electron chi connectivity index (χ1n) is 6.68. The maximum absolute atomic E-state index is 11.0. The molecule has 0 radical (unpaired) electrons. The summed E-state index contributed by atoms with van der Waals surface area (Å²) in [6.45, 7) is 11.0. The normalized spacial score (nSPS) is 11.2. The number of rotatable bonds is 4. The van der Waals surface area contributed by atoms with Gasteiger partial charge in [-0.3, -0.25) is 4.79 Å². The molecule has 120 valence electrons. The standard InChI is InChI=1S/C9H18O3.C5H11NO2/c1-9(2,3)12-8(11)6-4-5-7-10;1-5(2,3)8-4(6)7/h10H,4-7H2,1-3H3;1-3H3,(H2,6,7). The molecule has 0 saturated carbocycles. The maximum atomic E-state index is 11.0. The summed E-state index contributed by atoms with van der Waals surface area (Å²) >= 11 is 0. The van der Waals surface area contributed by atoms with E-state index in [1.807, 2.05) is 20.8 Å². The summed E-state index contributed by atoms with van der Waals surface area (Å²) in [6.07, 6.45) is 1.04. The van der Waals surface area contributed by atoms with E-state index >= 15 is 0 Å². The van der Waals surface area contributed by atoms with Crippen LogP contribution in [0.25, 0.3) is 0 Å². The predicted molar refractivity (Wildman–Crippen MR) is 77.2 cm³/mol. The van der Waals surface area contributed by atoms with Crippen LogP contribution in [0.5, 0.6) is 0 Å². The molecule has 0 aromatic heterocycles. The number of ether oxygens (including phenoxy) is 2. The first-order chi connectivity index (χ1) is 8.87. The van der Waals surface area contributed by atoms with Gasteiger partial charge >= 0.3 is 12.1 Å². The Hall–Kier alpha value is -1.30. The van der Waals surface area contributed by atoms with E-state index in [0.717, 1.165) is 0 Å². The summed E-state index contributed by atoms with van der Waals surface area (Å²) in [6, 6.07) is 0. The third-order valence-electron chi connectivity index (χ3n) is 1.62. The van der Waals surface area contributed by atoms with Gasteiger partial charge in [0, 0.05) is 13.0 Å². The van der Waals surface area contributed by atoms with Crippen LogP contribution in [0.4, 0.5) is 4.79 Å². The molecule has 1 amide bonds. The number of carbonyl (C=O) groups is 2. The molecule has 0 aliphatic carbocycles. The first kappa shape index (κ1) is 21.0. The van der Waals surface area contributed by atoms with Gasteiger partial charge < -0.3 is 20.3 Å². The van der Waals surface area contributed by atoms with E-state index in [0.29, 0.717) is 19.3 Å². The highest BCUT2D eigenvalue weighted by Gasteiger charge is 2.15. The van der Waals surface area contributed by atoms with Crippen molar-refractivity contribution < 1.29 is 24.2 Å². The number of hydrogen-bond acceptors (Lipinski definition) is 5. The van der Waals surface area contributed by atoms with Crippen molar-refractivity contribution in [2.75, 3.05) is 6.61 Å². The fourth-order valence-corrected chi connectivity index (χ4v) is 1.08. The lowest BCUT2D eigenvalue weighted by atomic mass is 10.2. The molecule has 0 aliphatic rings. The fraction of sp³-hybridized carbons (Fsp3) is 0.857. The van der Waals surface area contributed by atoms with Gasteiger partial charge in [0.05, 0.1) is 0 Å². The van der Waals surface area contributed by atoms with Gasteiger partial charge in [-0.1, -0.05) is 0 Å². The average Bonchev–Trinajstić information content (AvgIpc) is 2.11. The fourth-order valence-electron chi connectivity index (χ4n) is 1.08. The zero-order valence-corrected chi connectivity index (χ0v) is 13.5. The minimum atomic E-state index is -0.725. The zero-order valence-electron chi connectivity index (χ0n) is 13.5. The second kappa shape index (κ2) is 9.58. The molecule has 0 fully saturated rings. The van der Waals surface area contributed by atoms with Crippen LogP contribution in [0.2, 0.25) is 0 Å². The molecule has 0 heterocycles. The van der Waals surface area contributed by atoms with E-state index in [9.17, 15) is 9.59 Å². The van der Waals surface area contributed by atoms with Crippen LogP contribution < -0.4 is 5.73 Å². The average molecular weight is 291 g/mol. The number of hydrogen-bond donors (Lipinski definition) is 2. The Kier molecular flexibility index (Phi) is 10.1. The lowest BCUT2D eigenvalue weighted by Gasteiger charge is -2.19. The smallest absolute Gasteiger partial charge is 0.405 e.